The third kappa shape index (κ3) is 5.67. The van der Waals surface area contributed by atoms with Crippen LogP contribution in [0.2, 0.25) is 0 Å². The molecule has 0 aromatic carbocycles. The molecule has 0 bridgehead atoms. The highest BCUT2D eigenvalue weighted by Crippen LogP contribution is 2.37. The zero-order chi connectivity index (χ0) is 14.8. The van der Waals surface area contributed by atoms with Gasteiger partial charge < -0.3 is 15.2 Å². The quantitative estimate of drug-likeness (QED) is 0.777. The fourth-order valence-electron chi connectivity index (χ4n) is 2.15. The number of carbonyl (C=O) groups is 1. The molecule has 1 amide bonds. The van der Waals surface area contributed by atoms with Gasteiger partial charge in [0, 0.05) is 6.04 Å². The lowest BCUT2D eigenvalue weighted by atomic mass is 9.83. The van der Waals surface area contributed by atoms with Gasteiger partial charge in [-0.05, 0) is 40.0 Å². The van der Waals surface area contributed by atoms with Crippen LogP contribution < -0.4 is 5.32 Å². The molecule has 0 spiro atoms. The fourth-order valence-corrected chi connectivity index (χ4v) is 2.15. The van der Waals surface area contributed by atoms with E-state index in [9.17, 15) is 23.1 Å². The lowest BCUT2D eigenvalue weighted by Crippen LogP contribution is -2.47. The molecule has 1 aliphatic rings. The Hall–Kier alpha value is -0.980. The summed E-state index contributed by atoms with van der Waals surface area (Å²) in [6, 6.07) is -0.717. The molecule has 7 heteroatoms. The van der Waals surface area contributed by atoms with Crippen LogP contribution in [-0.2, 0) is 4.74 Å². The number of rotatable bonds is 1. The number of hydrogen-bond acceptors (Lipinski definition) is 3. The number of alkyl halides is 3. The molecule has 0 saturated heterocycles. The first-order valence-corrected chi connectivity index (χ1v) is 6.21. The van der Waals surface area contributed by atoms with Crippen molar-refractivity contribution >= 4 is 6.09 Å². The van der Waals surface area contributed by atoms with E-state index in [2.05, 4.69) is 5.32 Å². The van der Waals surface area contributed by atoms with Crippen molar-refractivity contribution in [2.45, 2.75) is 64.0 Å². The van der Waals surface area contributed by atoms with Crippen molar-refractivity contribution in [2.75, 3.05) is 0 Å². The van der Waals surface area contributed by atoms with E-state index in [0.717, 1.165) is 0 Å². The van der Waals surface area contributed by atoms with Gasteiger partial charge in [-0.1, -0.05) is 0 Å². The Balaban J connectivity index is 2.56. The minimum Gasteiger partial charge on any atom is -0.444 e. The van der Waals surface area contributed by atoms with Crippen molar-refractivity contribution in [3.05, 3.63) is 0 Å². The van der Waals surface area contributed by atoms with Gasteiger partial charge >= 0.3 is 12.3 Å². The SMILES string of the molecule is CC(C)(C)OC(=O)N[C@@H]1C[C@H](O)C[C@@H](C(F)(F)F)C1. The Morgan fingerprint density at radius 3 is 2.26 bits per heavy atom. The zero-order valence-electron chi connectivity index (χ0n) is 11.3. The average Bonchev–Trinajstić information content (AvgIpc) is 2.11. The lowest BCUT2D eigenvalue weighted by molar-refractivity contribution is -0.191. The molecule has 0 aromatic rings. The molecule has 3 atom stereocenters. The van der Waals surface area contributed by atoms with Gasteiger partial charge in [0.1, 0.15) is 5.60 Å². The van der Waals surface area contributed by atoms with Crippen molar-refractivity contribution in [3.63, 3.8) is 0 Å². The number of halogens is 3. The Morgan fingerprint density at radius 1 is 1.21 bits per heavy atom. The first kappa shape index (κ1) is 16.1. The number of alkyl carbamates (subject to hydrolysis) is 1. The van der Waals surface area contributed by atoms with E-state index in [4.69, 9.17) is 4.74 Å². The monoisotopic (exact) mass is 283 g/mol. The third-order valence-corrected chi connectivity index (χ3v) is 2.87. The van der Waals surface area contributed by atoms with Crippen molar-refractivity contribution in [3.8, 4) is 0 Å². The summed E-state index contributed by atoms with van der Waals surface area (Å²) >= 11 is 0. The van der Waals surface area contributed by atoms with Crippen molar-refractivity contribution in [1.82, 2.24) is 5.32 Å². The molecule has 0 unspecified atom stereocenters. The molecular weight excluding hydrogens is 263 g/mol. The molecule has 1 fully saturated rings. The highest BCUT2D eigenvalue weighted by molar-refractivity contribution is 5.68. The smallest absolute Gasteiger partial charge is 0.407 e. The third-order valence-electron chi connectivity index (χ3n) is 2.87. The molecular formula is C12H20F3NO3. The van der Waals surface area contributed by atoms with Crippen LogP contribution in [0.4, 0.5) is 18.0 Å². The minimum absolute atomic E-state index is 0.117. The number of aliphatic hydroxyl groups excluding tert-OH is 1. The van der Waals surface area contributed by atoms with E-state index >= 15 is 0 Å². The first-order chi connectivity index (χ1) is 8.47. The van der Waals surface area contributed by atoms with Gasteiger partial charge in [0.25, 0.3) is 0 Å². The number of nitrogens with one attached hydrogen (secondary N) is 1. The van der Waals surface area contributed by atoms with Crippen LogP contribution in [0.25, 0.3) is 0 Å². The molecule has 0 aromatic heterocycles. The second kappa shape index (κ2) is 5.56. The maximum Gasteiger partial charge on any atom is 0.407 e. The van der Waals surface area contributed by atoms with E-state index in [1.54, 1.807) is 20.8 Å². The zero-order valence-corrected chi connectivity index (χ0v) is 11.3. The summed E-state index contributed by atoms with van der Waals surface area (Å²) in [6.07, 6.45) is -6.58. The summed E-state index contributed by atoms with van der Waals surface area (Å²) in [7, 11) is 0. The van der Waals surface area contributed by atoms with Gasteiger partial charge in [-0.25, -0.2) is 4.79 Å². The lowest BCUT2D eigenvalue weighted by Gasteiger charge is -2.34. The largest absolute Gasteiger partial charge is 0.444 e. The van der Waals surface area contributed by atoms with E-state index < -0.39 is 35.9 Å². The summed E-state index contributed by atoms with van der Waals surface area (Å²) in [5.41, 5.74) is -0.708. The summed E-state index contributed by atoms with van der Waals surface area (Å²) in [5.74, 6) is -1.59. The van der Waals surface area contributed by atoms with Crippen molar-refractivity contribution < 1.29 is 27.8 Å². The number of amides is 1. The van der Waals surface area contributed by atoms with Crippen LogP contribution in [0.1, 0.15) is 40.0 Å². The van der Waals surface area contributed by atoms with Gasteiger partial charge in [-0.15, -0.1) is 0 Å². The molecule has 2 N–H and O–H groups in total. The van der Waals surface area contributed by atoms with Crippen LogP contribution in [0.5, 0.6) is 0 Å². The molecule has 1 saturated carbocycles. The van der Waals surface area contributed by atoms with Gasteiger partial charge in [-0.2, -0.15) is 13.2 Å². The number of carbonyl (C=O) groups excluding carboxylic acids is 1. The predicted octanol–water partition coefficient (Wildman–Crippen LogP) is 2.60. The molecule has 0 radical (unpaired) electrons. The van der Waals surface area contributed by atoms with Gasteiger partial charge in [0.05, 0.1) is 12.0 Å². The second-order valence-corrected chi connectivity index (χ2v) is 5.94. The fraction of sp³-hybridized carbons (Fsp3) is 0.917. The minimum atomic E-state index is -4.35. The number of ether oxygens (including phenoxy) is 1. The molecule has 1 aliphatic carbocycles. The Kier molecular flexibility index (Phi) is 4.71. The summed E-state index contributed by atoms with van der Waals surface area (Å²) in [5, 5.41) is 11.9. The summed E-state index contributed by atoms with van der Waals surface area (Å²) < 4.78 is 42.9. The normalized spacial score (nSPS) is 28.9. The summed E-state index contributed by atoms with van der Waals surface area (Å²) in [6.45, 7) is 5.00. The van der Waals surface area contributed by atoms with Gasteiger partial charge in [0.15, 0.2) is 0 Å². The Labute approximate surface area is 110 Å². The topological polar surface area (TPSA) is 58.6 Å². The van der Waals surface area contributed by atoms with Crippen LogP contribution in [0.15, 0.2) is 0 Å². The van der Waals surface area contributed by atoms with Crippen LogP contribution >= 0.6 is 0 Å². The van der Waals surface area contributed by atoms with Gasteiger partial charge in [-0.3, -0.25) is 0 Å². The molecule has 0 aliphatic heterocycles. The molecule has 112 valence electrons. The Morgan fingerprint density at radius 2 is 1.79 bits per heavy atom. The highest BCUT2D eigenvalue weighted by atomic mass is 19.4. The highest BCUT2D eigenvalue weighted by Gasteiger charge is 2.45. The van der Waals surface area contributed by atoms with Gasteiger partial charge in [0.2, 0.25) is 0 Å². The van der Waals surface area contributed by atoms with Crippen LogP contribution in [0, 0.1) is 5.92 Å². The van der Waals surface area contributed by atoms with E-state index in [1.807, 2.05) is 0 Å². The standard InChI is InChI=1S/C12H20F3NO3/c1-11(2,3)19-10(18)16-8-4-7(12(13,14)15)5-9(17)6-8/h7-9,17H,4-6H2,1-3H3,(H,16,18)/t7-,8-,9+/m0/s1. The van der Waals surface area contributed by atoms with E-state index in [-0.39, 0.29) is 19.3 Å². The maximum atomic E-state index is 12.6. The first-order valence-electron chi connectivity index (χ1n) is 6.21. The molecule has 0 heterocycles. The van der Waals surface area contributed by atoms with Crippen LogP contribution in [-0.4, -0.2) is 35.1 Å². The van der Waals surface area contributed by atoms with Crippen LogP contribution in [0.3, 0.4) is 0 Å². The number of hydrogen-bond donors (Lipinski definition) is 2. The van der Waals surface area contributed by atoms with E-state index in [1.165, 1.54) is 0 Å². The average molecular weight is 283 g/mol. The number of aliphatic hydroxyl groups is 1. The Bertz CT molecular complexity index is 325. The second-order valence-electron chi connectivity index (χ2n) is 5.94. The molecule has 4 nitrogen and oxygen atoms in total. The summed E-state index contributed by atoms with van der Waals surface area (Å²) in [4.78, 5) is 11.5. The van der Waals surface area contributed by atoms with Crippen molar-refractivity contribution in [1.29, 1.82) is 0 Å². The predicted molar refractivity (Wildman–Crippen MR) is 62.6 cm³/mol. The molecule has 1 rings (SSSR count). The van der Waals surface area contributed by atoms with Crippen molar-refractivity contribution in [2.24, 2.45) is 5.92 Å². The molecule has 19 heavy (non-hydrogen) atoms. The van der Waals surface area contributed by atoms with E-state index in [0.29, 0.717) is 0 Å². The maximum absolute atomic E-state index is 12.6.